The number of carbonyl (C=O) groups is 2. The van der Waals surface area contributed by atoms with E-state index >= 15 is 0 Å². The van der Waals surface area contributed by atoms with Crippen LogP contribution in [-0.2, 0) is 9.53 Å². The molecule has 1 amide bonds. The van der Waals surface area contributed by atoms with E-state index in [0.29, 0.717) is 25.1 Å². The van der Waals surface area contributed by atoms with Crippen LogP contribution in [0.15, 0.2) is 24.3 Å². The molecule has 5 heteroatoms. The molecule has 0 bridgehead atoms. The molecule has 104 valence electrons. The Balaban J connectivity index is 2.40. The number of hydrogen-bond acceptors (Lipinski definition) is 3. The molecule has 2 N–H and O–H groups in total. The molecule has 0 radical (unpaired) electrons. The maximum atomic E-state index is 11.6. The second kappa shape index (κ2) is 7.53. The molecule has 0 aliphatic heterocycles. The molecule has 0 atom stereocenters. The van der Waals surface area contributed by atoms with Crippen LogP contribution >= 0.6 is 0 Å². The normalized spacial score (nSPS) is 10.5. The van der Waals surface area contributed by atoms with Crippen molar-refractivity contribution in [2.75, 3.05) is 11.9 Å². The molecule has 0 aliphatic carbocycles. The van der Waals surface area contributed by atoms with E-state index in [9.17, 15) is 9.59 Å². The first-order valence-electron chi connectivity index (χ1n) is 6.24. The number of carbonyl (C=O) groups excluding carboxylic acids is 1. The van der Waals surface area contributed by atoms with E-state index in [1.807, 2.05) is 13.8 Å². The lowest BCUT2D eigenvalue weighted by Gasteiger charge is -2.08. The van der Waals surface area contributed by atoms with Crippen molar-refractivity contribution in [1.29, 1.82) is 0 Å². The van der Waals surface area contributed by atoms with E-state index in [0.717, 1.165) is 0 Å². The Morgan fingerprint density at radius 1 is 1.37 bits per heavy atom. The van der Waals surface area contributed by atoms with Gasteiger partial charge in [0.15, 0.2) is 0 Å². The highest BCUT2D eigenvalue weighted by atomic mass is 16.5. The maximum absolute atomic E-state index is 11.6. The molecule has 0 unspecified atom stereocenters. The van der Waals surface area contributed by atoms with Crippen LogP contribution in [0.3, 0.4) is 0 Å². The lowest BCUT2D eigenvalue weighted by molar-refractivity contribution is -0.116. The van der Waals surface area contributed by atoms with E-state index in [1.165, 1.54) is 12.1 Å². The minimum Gasteiger partial charge on any atom is -0.478 e. The van der Waals surface area contributed by atoms with Gasteiger partial charge in [-0.2, -0.15) is 0 Å². The zero-order chi connectivity index (χ0) is 14.3. The van der Waals surface area contributed by atoms with Crippen molar-refractivity contribution >= 4 is 17.6 Å². The Hall–Kier alpha value is -1.88. The van der Waals surface area contributed by atoms with Crippen molar-refractivity contribution < 1.29 is 19.4 Å². The lowest BCUT2D eigenvalue weighted by atomic mass is 10.2. The number of aromatic carboxylic acids is 1. The minimum atomic E-state index is -1.01. The molecule has 0 saturated carbocycles. The van der Waals surface area contributed by atoms with Crippen LogP contribution in [0.1, 0.15) is 37.0 Å². The molecule has 19 heavy (non-hydrogen) atoms. The van der Waals surface area contributed by atoms with Crippen molar-refractivity contribution in [1.82, 2.24) is 0 Å². The van der Waals surface area contributed by atoms with Crippen LogP contribution in [0.2, 0.25) is 0 Å². The van der Waals surface area contributed by atoms with Crippen molar-refractivity contribution in [2.45, 2.75) is 32.8 Å². The van der Waals surface area contributed by atoms with Gasteiger partial charge in [-0.1, -0.05) is 6.07 Å². The van der Waals surface area contributed by atoms with Gasteiger partial charge in [-0.15, -0.1) is 0 Å². The number of amides is 1. The Morgan fingerprint density at radius 3 is 2.74 bits per heavy atom. The Labute approximate surface area is 112 Å². The summed E-state index contributed by atoms with van der Waals surface area (Å²) in [6, 6.07) is 6.18. The Morgan fingerprint density at radius 2 is 2.11 bits per heavy atom. The van der Waals surface area contributed by atoms with Crippen LogP contribution < -0.4 is 5.32 Å². The highest BCUT2D eigenvalue weighted by Crippen LogP contribution is 2.11. The fourth-order valence-corrected chi connectivity index (χ4v) is 1.51. The topological polar surface area (TPSA) is 75.6 Å². The van der Waals surface area contributed by atoms with E-state index in [1.54, 1.807) is 12.1 Å². The van der Waals surface area contributed by atoms with Gasteiger partial charge in [-0.3, -0.25) is 4.79 Å². The first kappa shape index (κ1) is 15.2. The van der Waals surface area contributed by atoms with Crippen molar-refractivity contribution in [3.05, 3.63) is 29.8 Å². The third-order valence-electron chi connectivity index (χ3n) is 2.39. The van der Waals surface area contributed by atoms with Crippen molar-refractivity contribution in [3.8, 4) is 0 Å². The molecule has 0 heterocycles. The second-order valence-electron chi connectivity index (χ2n) is 4.46. The third-order valence-corrected chi connectivity index (χ3v) is 2.39. The second-order valence-corrected chi connectivity index (χ2v) is 4.46. The molecule has 1 rings (SSSR count). The van der Waals surface area contributed by atoms with Crippen LogP contribution in [-0.4, -0.2) is 29.7 Å². The van der Waals surface area contributed by atoms with Crippen LogP contribution in [0.4, 0.5) is 5.69 Å². The number of carboxylic acids is 1. The van der Waals surface area contributed by atoms with Gasteiger partial charge in [0.2, 0.25) is 5.91 Å². The molecule has 0 saturated heterocycles. The van der Waals surface area contributed by atoms with E-state index < -0.39 is 5.97 Å². The highest BCUT2D eigenvalue weighted by Gasteiger charge is 2.06. The van der Waals surface area contributed by atoms with Crippen molar-refractivity contribution in [3.63, 3.8) is 0 Å². The molecule has 0 aromatic heterocycles. The molecule has 1 aromatic rings. The van der Waals surface area contributed by atoms with Crippen molar-refractivity contribution in [2.24, 2.45) is 0 Å². The summed E-state index contributed by atoms with van der Waals surface area (Å²) in [5.41, 5.74) is 0.649. The van der Waals surface area contributed by atoms with E-state index in [2.05, 4.69) is 5.32 Å². The molecule has 0 aliphatic rings. The van der Waals surface area contributed by atoms with E-state index in [-0.39, 0.29) is 17.6 Å². The van der Waals surface area contributed by atoms with Gasteiger partial charge in [0.1, 0.15) is 0 Å². The fourth-order valence-electron chi connectivity index (χ4n) is 1.51. The van der Waals surface area contributed by atoms with Gasteiger partial charge in [0.25, 0.3) is 0 Å². The van der Waals surface area contributed by atoms with E-state index in [4.69, 9.17) is 9.84 Å². The number of ether oxygens (including phenoxy) is 1. The average molecular weight is 265 g/mol. The van der Waals surface area contributed by atoms with Gasteiger partial charge in [0, 0.05) is 18.7 Å². The first-order valence-corrected chi connectivity index (χ1v) is 6.24. The maximum Gasteiger partial charge on any atom is 0.335 e. The first-order chi connectivity index (χ1) is 8.99. The minimum absolute atomic E-state index is 0.144. The van der Waals surface area contributed by atoms with Crippen LogP contribution in [0.5, 0.6) is 0 Å². The number of nitrogens with one attached hydrogen (secondary N) is 1. The monoisotopic (exact) mass is 265 g/mol. The highest BCUT2D eigenvalue weighted by molar-refractivity contribution is 5.93. The third kappa shape index (κ3) is 6.01. The molecular formula is C14H19NO4. The summed E-state index contributed by atoms with van der Waals surface area (Å²) in [7, 11) is 0. The standard InChI is InChI=1S/C14H19NO4/c1-10(2)19-8-4-7-13(16)15-12-6-3-5-11(9-12)14(17)18/h3,5-6,9-10H,4,7-8H2,1-2H3,(H,15,16)(H,17,18). The summed E-state index contributed by atoms with van der Waals surface area (Å²) in [4.78, 5) is 22.4. The summed E-state index contributed by atoms with van der Waals surface area (Å²) < 4.78 is 5.34. The predicted molar refractivity (Wildman–Crippen MR) is 72.4 cm³/mol. The number of anilines is 1. The van der Waals surface area contributed by atoms with Gasteiger partial charge in [-0.05, 0) is 38.5 Å². The largest absolute Gasteiger partial charge is 0.478 e. The summed E-state index contributed by atoms with van der Waals surface area (Å²) >= 11 is 0. The summed E-state index contributed by atoms with van der Waals surface area (Å²) in [5, 5.41) is 11.5. The summed E-state index contributed by atoms with van der Waals surface area (Å²) in [5.74, 6) is -1.16. The van der Waals surface area contributed by atoms with Crippen LogP contribution in [0, 0.1) is 0 Å². The smallest absolute Gasteiger partial charge is 0.335 e. The summed E-state index contributed by atoms with van der Waals surface area (Å²) in [6.45, 7) is 4.43. The molecule has 5 nitrogen and oxygen atoms in total. The Kier molecular flexibility index (Phi) is 6.02. The van der Waals surface area contributed by atoms with Gasteiger partial charge >= 0.3 is 5.97 Å². The number of carboxylic acid groups (broad SMARTS) is 1. The zero-order valence-corrected chi connectivity index (χ0v) is 11.2. The number of benzene rings is 1. The molecule has 0 fully saturated rings. The Bertz CT molecular complexity index is 443. The predicted octanol–water partition coefficient (Wildman–Crippen LogP) is 2.53. The lowest BCUT2D eigenvalue weighted by Crippen LogP contribution is -2.13. The van der Waals surface area contributed by atoms with Crippen LogP contribution in [0.25, 0.3) is 0 Å². The SMILES string of the molecule is CC(C)OCCCC(=O)Nc1cccc(C(=O)O)c1. The van der Waals surface area contributed by atoms with Gasteiger partial charge in [0.05, 0.1) is 11.7 Å². The zero-order valence-electron chi connectivity index (χ0n) is 11.2. The van der Waals surface area contributed by atoms with Gasteiger partial charge < -0.3 is 15.2 Å². The molecular weight excluding hydrogens is 246 g/mol. The average Bonchev–Trinajstić information content (AvgIpc) is 2.34. The van der Waals surface area contributed by atoms with Gasteiger partial charge in [-0.25, -0.2) is 4.79 Å². The summed E-state index contributed by atoms with van der Waals surface area (Å²) in [6.07, 6.45) is 1.16. The number of rotatable bonds is 7. The quantitative estimate of drug-likeness (QED) is 0.743. The molecule has 0 spiro atoms. The fraction of sp³-hybridized carbons (Fsp3) is 0.429. The number of hydrogen-bond donors (Lipinski definition) is 2. The molecule has 1 aromatic carbocycles.